The molecular weight excluding hydrogens is 302 g/mol. The van der Waals surface area contributed by atoms with E-state index in [1.807, 2.05) is 6.07 Å². The summed E-state index contributed by atoms with van der Waals surface area (Å²) in [5, 5.41) is 18.8. The Morgan fingerprint density at radius 1 is 1.32 bits per heavy atom. The lowest BCUT2D eigenvalue weighted by Crippen LogP contribution is -2.02. The molecule has 0 aliphatic rings. The highest BCUT2D eigenvalue weighted by Crippen LogP contribution is 2.25. The van der Waals surface area contributed by atoms with Gasteiger partial charge in [-0.25, -0.2) is 0 Å². The van der Waals surface area contributed by atoms with Crippen molar-refractivity contribution >= 4 is 23.5 Å². The van der Waals surface area contributed by atoms with Crippen molar-refractivity contribution in [3.8, 4) is 17.6 Å². The van der Waals surface area contributed by atoms with Gasteiger partial charge in [-0.15, -0.1) is 0 Å². The van der Waals surface area contributed by atoms with Crippen LogP contribution in [0, 0.1) is 11.3 Å². The largest absolute Gasteiger partial charge is 0.506 e. The summed E-state index contributed by atoms with van der Waals surface area (Å²) in [5.74, 6) is 0.0675. The molecule has 2 aromatic carbocycles. The van der Waals surface area contributed by atoms with E-state index in [9.17, 15) is 15.2 Å². The van der Waals surface area contributed by atoms with E-state index in [0.717, 1.165) is 0 Å². The van der Waals surface area contributed by atoms with Gasteiger partial charge >= 0.3 is 0 Å². The highest BCUT2D eigenvalue weighted by molar-refractivity contribution is 6.32. The van der Waals surface area contributed by atoms with E-state index in [0.29, 0.717) is 16.9 Å². The molecule has 0 saturated carbocycles. The fourth-order valence-corrected chi connectivity index (χ4v) is 2.04. The number of nitriles is 1. The molecule has 2 aromatic rings. The molecule has 0 aliphatic heterocycles. The molecule has 0 fully saturated rings. The van der Waals surface area contributed by atoms with E-state index < -0.39 is 5.78 Å². The van der Waals surface area contributed by atoms with E-state index in [4.69, 9.17) is 16.3 Å². The Morgan fingerprint density at radius 2 is 2.09 bits per heavy atom. The number of halogens is 1. The third-order valence-electron chi connectivity index (χ3n) is 2.98. The summed E-state index contributed by atoms with van der Waals surface area (Å²) in [6.45, 7) is 0. The van der Waals surface area contributed by atoms with E-state index in [-0.39, 0.29) is 16.3 Å². The monoisotopic (exact) mass is 313 g/mol. The van der Waals surface area contributed by atoms with Crippen LogP contribution in [0.5, 0.6) is 11.5 Å². The molecule has 0 unspecified atom stereocenters. The first-order valence-electron chi connectivity index (χ1n) is 6.34. The van der Waals surface area contributed by atoms with E-state index in [1.54, 1.807) is 30.3 Å². The molecule has 2 rings (SSSR count). The number of carbonyl (C=O) groups is 1. The Bertz CT molecular complexity index is 791. The number of rotatable bonds is 4. The maximum absolute atomic E-state index is 12.4. The number of carbonyl (C=O) groups excluding carboxylic acids is 1. The number of benzene rings is 2. The summed E-state index contributed by atoms with van der Waals surface area (Å²) in [7, 11) is 1.50. The predicted molar refractivity (Wildman–Crippen MR) is 84.0 cm³/mol. The van der Waals surface area contributed by atoms with Gasteiger partial charge in [-0.2, -0.15) is 5.26 Å². The minimum atomic E-state index is -0.411. The molecule has 0 atom stereocenters. The van der Waals surface area contributed by atoms with Crippen molar-refractivity contribution in [2.75, 3.05) is 7.11 Å². The number of phenols is 1. The normalized spacial score (nSPS) is 10.9. The third kappa shape index (κ3) is 3.46. The average molecular weight is 314 g/mol. The number of ketones is 1. The number of Topliss-reactive ketones (excluding diaryl/α,β-unsaturated/α-hetero) is 1. The molecule has 0 saturated heterocycles. The molecule has 1 N–H and O–H groups in total. The van der Waals surface area contributed by atoms with Crippen molar-refractivity contribution in [1.82, 2.24) is 0 Å². The fraction of sp³-hybridized carbons (Fsp3) is 0.0588. The number of methoxy groups -OCH3 is 1. The van der Waals surface area contributed by atoms with Crippen LogP contribution in [0.4, 0.5) is 0 Å². The van der Waals surface area contributed by atoms with Crippen molar-refractivity contribution in [2.24, 2.45) is 0 Å². The Labute approximate surface area is 132 Å². The molecule has 0 bridgehead atoms. The first-order chi connectivity index (χ1) is 10.5. The number of phenolic OH excluding ortho intramolecular Hbond substituents is 1. The van der Waals surface area contributed by atoms with Crippen LogP contribution in [-0.2, 0) is 0 Å². The van der Waals surface area contributed by atoms with Gasteiger partial charge < -0.3 is 9.84 Å². The number of nitrogens with zero attached hydrogens (tertiary/aromatic N) is 1. The van der Waals surface area contributed by atoms with Gasteiger partial charge in [0.2, 0.25) is 5.78 Å². The standard InChI is InChI=1S/C17H12ClNO3/c1-22-14-4-2-3-12(9-14)17(21)13(10-19)7-11-5-6-16(20)15(18)8-11/h2-9,20H,1H3/b13-7-. The number of hydrogen-bond acceptors (Lipinski definition) is 4. The van der Waals surface area contributed by atoms with Gasteiger partial charge in [0.05, 0.1) is 12.1 Å². The topological polar surface area (TPSA) is 70.3 Å². The van der Waals surface area contributed by atoms with Crippen molar-refractivity contribution in [1.29, 1.82) is 5.26 Å². The zero-order valence-corrected chi connectivity index (χ0v) is 12.5. The van der Waals surface area contributed by atoms with Gasteiger partial charge in [-0.05, 0) is 35.9 Å². The minimum absolute atomic E-state index is 0.0324. The molecule has 0 radical (unpaired) electrons. The molecule has 22 heavy (non-hydrogen) atoms. The van der Waals surface area contributed by atoms with Crippen molar-refractivity contribution in [3.05, 3.63) is 64.2 Å². The van der Waals surface area contributed by atoms with Crippen LogP contribution in [0.25, 0.3) is 6.08 Å². The highest BCUT2D eigenvalue weighted by Gasteiger charge is 2.13. The van der Waals surface area contributed by atoms with Crippen LogP contribution in [0.1, 0.15) is 15.9 Å². The molecule has 0 amide bonds. The number of allylic oxidation sites excluding steroid dienone is 1. The van der Waals surface area contributed by atoms with Crippen LogP contribution in [0.15, 0.2) is 48.0 Å². The summed E-state index contributed by atoms with van der Waals surface area (Å²) >= 11 is 5.81. The molecule has 0 aromatic heterocycles. The molecule has 110 valence electrons. The Balaban J connectivity index is 2.38. The smallest absolute Gasteiger partial charge is 0.203 e. The van der Waals surface area contributed by atoms with E-state index >= 15 is 0 Å². The molecule has 0 heterocycles. The van der Waals surface area contributed by atoms with Crippen LogP contribution >= 0.6 is 11.6 Å². The van der Waals surface area contributed by atoms with Crippen molar-refractivity contribution in [2.45, 2.75) is 0 Å². The van der Waals surface area contributed by atoms with Crippen LogP contribution in [0.2, 0.25) is 5.02 Å². The lowest BCUT2D eigenvalue weighted by molar-refractivity contribution is 0.103. The van der Waals surface area contributed by atoms with Gasteiger partial charge in [0.15, 0.2) is 0 Å². The lowest BCUT2D eigenvalue weighted by Gasteiger charge is -2.04. The Hall–Kier alpha value is -2.77. The maximum Gasteiger partial charge on any atom is 0.203 e. The first kappa shape index (κ1) is 15.6. The van der Waals surface area contributed by atoms with Crippen LogP contribution in [0.3, 0.4) is 0 Å². The second-order valence-corrected chi connectivity index (χ2v) is 4.85. The number of ether oxygens (including phenoxy) is 1. The Morgan fingerprint density at radius 3 is 2.73 bits per heavy atom. The Kier molecular flexibility index (Phi) is 4.82. The van der Waals surface area contributed by atoms with Crippen LogP contribution < -0.4 is 4.74 Å². The second-order valence-electron chi connectivity index (χ2n) is 4.44. The molecule has 0 spiro atoms. The van der Waals surface area contributed by atoms with Gasteiger partial charge in [0.1, 0.15) is 23.1 Å². The molecule has 4 nitrogen and oxygen atoms in total. The summed E-state index contributed by atoms with van der Waals surface area (Å²) in [6, 6.07) is 12.9. The molecule has 0 aliphatic carbocycles. The molecule has 5 heteroatoms. The summed E-state index contributed by atoms with van der Waals surface area (Å²) < 4.78 is 5.07. The maximum atomic E-state index is 12.4. The molecular formula is C17H12ClNO3. The van der Waals surface area contributed by atoms with E-state index in [2.05, 4.69) is 0 Å². The fourth-order valence-electron chi connectivity index (χ4n) is 1.85. The zero-order valence-electron chi connectivity index (χ0n) is 11.7. The zero-order chi connectivity index (χ0) is 16.1. The summed E-state index contributed by atoms with van der Waals surface area (Å²) in [5.41, 5.74) is 0.877. The lowest BCUT2D eigenvalue weighted by atomic mass is 10.0. The van der Waals surface area contributed by atoms with Crippen molar-refractivity contribution in [3.63, 3.8) is 0 Å². The van der Waals surface area contributed by atoms with Gasteiger partial charge in [0.25, 0.3) is 0 Å². The SMILES string of the molecule is COc1cccc(C(=O)/C(C#N)=C\c2ccc(O)c(Cl)c2)c1. The van der Waals surface area contributed by atoms with Crippen LogP contribution in [-0.4, -0.2) is 18.0 Å². The quantitative estimate of drug-likeness (QED) is 0.529. The number of hydrogen-bond donors (Lipinski definition) is 1. The summed E-state index contributed by atoms with van der Waals surface area (Å²) in [6.07, 6.45) is 1.42. The van der Waals surface area contributed by atoms with Gasteiger partial charge in [0, 0.05) is 5.56 Å². The number of aromatic hydroxyl groups is 1. The predicted octanol–water partition coefficient (Wildman–Crippen LogP) is 3.84. The van der Waals surface area contributed by atoms with E-state index in [1.165, 1.54) is 25.3 Å². The highest BCUT2D eigenvalue weighted by atomic mass is 35.5. The average Bonchev–Trinajstić information content (AvgIpc) is 2.55. The van der Waals surface area contributed by atoms with Crippen molar-refractivity contribution < 1.29 is 14.6 Å². The third-order valence-corrected chi connectivity index (χ3v) is 3.28. The summed E-state index contributed by atoms with van der Waals surface area (Å²) in [4.78, 5) is 12.4. The second kappa shape index (κ2) is 6.79. The minimum Gasteiger partial charge on any atom is -0.506 e. The first-order valence-corrected chi connectivity index (χ1v) is 6.72. The van der Waals surface area contributed by atoms with Gasteiger partial charge in [-0.3, -0.25) is 4.79 Å². The van der Waals surface area contributed by atoms with Gasteiger partial charge in [-0.1, -0.05) is 29.8 Å².